The molecule has 1 rings (SSSR count). The van der Waals surface area contributed by atoms with E-state index in [0.29, 0.717) is 6.42 Å². The predicted molar refractivity (Wildman–Crippen MR) is 41.5 cm³/mol. The topological polar surface area (TPSA) is 34.1 Å². The van der Waals surface area contributed by atoms with Crippen molar-refractivity contribution in [2.75, 3.05) is 0 Å². The van der Waals surface area contributed by atoms with Crippen molar-refractivity contribution in [3.63, 3.8) is 0 Å². The highest BCUT2D eigenvalue weighted by atomic mass is 35.7. The molecule has 0 saturated carbocycles. The van der Waals surface area contributed by atoms with Gasteiger partial charge in [0.2, 0.25) is 9.05 Å². The lowest BCUT2D eigenvalue weighted by Gasteiger charge is -2.07. The Balaban J connectivity index is 2.79. The maximum atomic E-state index is 10.7. The molecule has 1 aliphatic rings. The maximum absolute atomic E-state index is 10.7. The lowest BCUT2D eigenvalue weighted by atomic mass is 10.2. The molecule has 2 nitrogen and oxygen atoms in total. The summed E-state index contributed by atoms with van der Waals surface area (Å²) in [5.74, 6) is 0. The van der Waals surface area contributed by atoms with Gasteiger partial charge in [-0.25, -0.2) is 8.42 Å². The van der Waals surface area contributed by atoms with E-state index >= 15 is 0 Å². The summed E-state index contributed by atoms with van der Waals surface area (Å²) in [6.07, 6.45) is 7.35. The maximum Gasteiger partial charge on any atom is 0.239 e. The smallest absolute Gasteiger partial charge is 0.212 e. The van der Waals surface area contributed by atoms with Crippen LogP contribution >= 0.6 is 10.7 Å². The third-order valence-corrected chi connectivity index (χ3v) is 3.06. The van der Waals surface area contributed by atoms with Crippen LogP contribution in [0.1, 0.15) is 6.42 Å². The fraction of sp³-hybridized carbons (Fsp3) is 0.333. The molecule has 0 saturated heterocycles. The van der Waals surface area contributed by atoms with Crippen LogP contribution in [0.25, 0.3) is 0 Å². The standard InChI is InChI=1S/C6H7ClO2S/c7-10(8,9)6-4-2-1-3-5-6/h1-4,6H,5H2. The third kappa shape index (κ3) is 1.85. The van der Waals surface area contributed by atoms with Crippen molar-refractivity contribution in [2.45, 2.75) is 11.7 Å². The molecule has 0 aromatic rings. The van der Waals surface area contributed by atoms with Crippen LogP contribution in [0.2, 0.25) is 0 Å². The SMILES string of the molecule is O=S(=O)(Cl)C1C=CC=CC1. The Morgan fingerprint density at radius 3 is 2.40 bits per heavy atom. The Hall–Kier alpha value is -0.280. The highest BCUT2D eigenvalue weighted by Gasteiger charge is 2.19. The molecule has 1 atom stereocenters. The zero-order valence-electron chi connectivity index (χ0n) is 5.20. The normalized spacial score (nSPS) is 25.1. The molecule has 0 N–H and O–H groups in total. The van der Waals surface area contributed by atoms with Crippen LogP contribution in [0.15, 0.2) is 24.3 Å². The number of halogens is 1. The van der Waals surface area contributed by atoms with Crippen molar-refractivity contribution in [3.8, 4) is 0 Å². The van der Waals surface area contributed by atoms with Crippen molar-refractivity contribution in [3.05, 3.63) is 24.3 Å². The summed E-state index contributed by atoms with van der Waals surface area (Å²) in [5, 5.41) is -0.529. The van der Waals surface area contributed by atoms with Gasteiger partial charge >= 0.3 is 0 Å². The number of hydrogen-bond acceptors (Lipinski definition) is 2. The molecule has 0 bridgehead atoms. The van der Waals surface area contributed by atoms with Gasteiger partial charge in [-0.1, -0.05) is 24.3 Å². The van der Waals surface area contributed by atoms with Gasteiger partial charge in [0.15, 0.2) is 0 Å². The Morgan fingerprint density at radius 1 is 1.40 bits per heavy atom. The fourth-order valence-corrected chi connectivity index (χ4v) is 1.78. The summed E-state index contributed by atoms with van der Waals surface area (Å²) in [6, 6.07) is 0. The average Bonchev–Trinajstić information content (AvgIpc) is 1.88. The minimum atomic E-state index is -3.39. The van der Waals surface area contributed by atoms with Gasteiger partial charge in [-0.15, -0.1) is 0 Å². The van der Waals surface area contributed by atoms with E-state index in [1.807, 2.05) is 0 Å². The van der Waals surface area contributed by atoms with Crippen LogP contribution in [0.5, 0.6) is 0 Å². The number of hydrogen-bond donors (Lipinski definition) is 0. The van der Waals surface area contributed by atoms with Gasteiger partial charge in [0.1, 0.15) is 0 Å². The summed E-state index contributed by atoms with van der Waals surface area (Å²) >= 11 is 0. The molecule has 0 spiro atoms. The summed E-state index contributed by atoms with van der Waals surface area (Å²) in [5.41, 5.74) is 0. The van der Waals surface area contributed by atoms with Crippen LogP contribution < -0.4 is 0 Å². The van der Waals surface area contributed by atoms with E-state index in [-0.39, 0.29) is 0 Å². The van der Waals surface area contributed by atoms with Gasteiger partial charge in [0, 0.05) is 10.7 Å². The Labute approximate surface area is 64.6 Å². The summed E-state index contributed by atoms with van der Waals surface area (Å²) in [6.45, 7) is 0. The van der Waals surface area contributed by atoms with Gasteiger partial charge in [0.05, 0.1) is 5.25 Å². The van der Waals surface area contributed by atoms with E-state index in [1.54, 1.807) is 24.3 Å². The molecule has 0 heterocycles. The Kier molecular flexibility index (Phi) is 2.16. The number of allylic oxidation sites excluding steroid dienone is 3. The first-order valence-electron chi connectivity index (χ1n) is 2.87. The first-order chi connectivity index (χ1) is 4.61. The highest BCUT2D eigenvalue weighted by Crippen LogP contribution is 2.16. The average molecular weight is 179 g/mol. The zero-order chi connectivity index (χ0) is 7.61. The van der Waals surface area contributed by atoms with Gasteiger partial charge in [-0.05, 0) is 6.42 Å². The summed E-state index contributed by atoms with van der Waals surface area (Å²) in [4.78, 5) is 0. The second-order valence-electron chi connectivity index (χ2n) is 2.06. The van der Waals surface area contributed by atoms with Crippen LogP contribution in [0.3, 0.4) is 0 Å². The first kappa shape index (κ1) is 7.82. The van der Waals surface area contributed by atoms with Crippen molar-refractivity contribution >= 4 is 19.7 Å². The fourth-order valence-electron chi connectivity index (χ4n) is 0.767. The predicted octanol–water partition coefficient (Wildman–Crippen LogP) is 1.44. The minimum absolute atomic E-state index is 0.488. The zero-order valence-corrected chi connectivity index (χ0v) is 6.77. The van der Waals surface area contributed by atoms with E-state index in [1.165, 1.54) is 0 Å². The van der Waals surface area contributed by atoms with Crippen molar-refractivity contribution in [1.29, 1.82) is 0 Å². The van der Waals surface area contributed by atoms with Gasteiger partial charge in [-0.3, -0.25) is 0 Å². The quantitative estimate of drug-likeness (QED) is 0.570. The van der Waals surface area contributed by atoms with Crippen LogP contribution in [-0.2, 0) is 9.05 Å². The highest BCUT2D eigenvalue weighted by molar-refractivity contribution is 8.14. The molecule has 0 aromatic heterocycles. The third-order valence-electron chi connectivity index (χ3n) is 1.30. The molecule has 0 amide bonds. The molecule has 0 radical (unpaired) electrons. The van der Waals surface area contributed by atoms with Crippen LogP contribution in [0, 0.1) is 0 Å². The molecule has 56 valence electrons. The molecular weight excluding hydrogens is 172 g/mol. The van der Waals surface area contributed by atoms with E-state index in [9.17, 15) is 8.42 Å². The summed E-state index contributed by atoms with van der Waals surface area (Å²) in [7, 11) is 1.71. The molecule has 1 unspecified atom stereocenters. The lowest BCUT2D eigenvalue weighted by molar-refractivity contribution is 0.602. The second kappa shape index (κ2) is 2.76. The lowest BCUT2D eigenvalue weighted by Crippen LogP contribution is -2.13. The Bertz CT molecular complexity index is 263. The van der Waals surface area contributed by atoms with Crippen LogP contribution in [-0.4, -0.2) is 13.7 Å². The summed E-state index contributed by atoms with van der Waals surface area (Å²) < 4.78 is 21.3. The molecule has 0 aromatic carbocycles. The molecule has 1 aliphatic carbocycles. The van der Waals surface area contributed by atoms with Gasteiger partial charge < -0.3 is 0 Å². The Morgan fingerprint density at radius 2 is 2.10 bits per heavy atom. The molecule has 0 aliphatic heterocycles. The van der Waals surface area contributed by atoms with Crippen molar-refractivity contribution < 1.29 is 8.42 Å². The van der Waals surface area contributed by atoms with Crippen molar-refractivity contribution in [1.82, 2.24) is 0 Å². The van der Waals surface area contributed by atoms with E-state index in [2.05, 4.69) is 0 Å². The first-order valence-corrected chi connectivity index (χ1v) is 5.25. The van der Waals surface area contributed by atoms with Crippen molar-refractivity contribution in [2.24, 2.45) is 0 Å². The van der Waals surface area contributed by atoms with Gasteiger partial charge in [-0.2, -0.15) is 0 Å². The van der Waals surface area contributed by atoms with E-state index in [4.69, 9.17) is 10.7 Å². The van der Waals surface area contributed by atoms with Gasteiger partial charge in [0.25, 0.3) is 0 Å². The second-order valence-corrected chi connectivity index (χ2v) is 4.91. The largest absolute Gasteiger partial charge is 0.239 e. The monoisotopic (exact) mass is 178 g/mol. The molecule has 10 heavy (non-hydrogen) atoms. The van der Waals surface area contributed by atoms with E-state index in [0.717, 1.165) is 0 Å². The number of rotatable bonds is 1. The van der Waals surface area contributed by atoms with Crippen LogP contribution in [0.4, 0.5) is 0 Å². The molecule has 0 fully saturated rings. The molecule has 4 heteroatoms. The van der Waals surface area contributed by atoms with E-state index < -0.39 is 14.3 Å². The molecular formula is C6H7ClO2S. The minimum Gasteiger partial charge on any atom is -0.212 e.